The zero-order valence-electron chi connectivity index (χ0n) is 10.7. The van der Waals surface area contributed by atoms with E-state index in [-0.39, 0.29) is 17.8 Å². The summed E-state index contributed by atoms with van der Waals surface area (Å²) in [4.78, 5) is 1.89. The normalized spacial score (nSPS) is 14.4. The summed E-state index contributed by atoms with van der Waals surface area (Å²) in [7, 11) is 3.52. The highest BCUT2D eigenvalue weighted by Gasteiger charge is 2.22. The third kappa shape index (κ3) is 3.41. The Labute approximate surface area is 102 Å². The number of methoxy groups -OCH3 is 1. The van der Waals surface area contributed by atoms with Crippen LogP contribution < -0.4 is 10.6 Å². The van der Waals surface area contributed by atoms with Crippen molar-refractivity contribution in [3.8, 4) is 0 Å². The van der Waals surface area contributed by atoms with Crippen molar-refractivity contribution in [3.63, 3.8) is 0 Å². The molecular formula is C13H21FN2O. The van der Waals surface area contributed by atoms with Crippen molar-refractivity contribution in [2.45, 2.75) is 13.0 Å². The topological polar surface area (TPSA) is 38.5 Å². The molecule has 2 atom stereocenters. The lowest BCUT2D eigenvalue weighted by molar-refractivity contribution is 0.147. The summed E-state index contributed by atoms with van der Waals surface area (Å²) in [6.07, 6.45) is 0. The van der Waals surface area contributed by atoms with Crippen LogP contribution in [0.3, 0.4) is 0 Å². The number of nitrogens with zero attached hydrogens (tertiary/aromatic N) is 1. The van der Waals surface area contributed by atoms with E-state index < -0.39 is 0 Å². The molecule has 3 nitrogen and oxygen atoms in total. The smallest absolute Gasteiger partial charge is 0.146 e. The highest BCUT2D eigenvalue weighted by Crippen LogP contribution is 2.22. The van der Waals surface area contributed by atoms with E-state index in [1.165, 1.54) is 6.07 Å². The molecule has 0 aliphatic carbocycles. The number of rotatable bonds is 6. The van der Waals surface area contributed by atoms with Gasteiger partial charge >= 0.3 is 0 Å². The van der Waals surface area contributed by atoms with Crippen LogP contribution in [0.4, 0.5) is 10.1 Å². The number of anilines is 1. The monoisotopic (exact) mass is 240 g/mol. The molecule has 0 spiro atoms. The van der Waals surface area contributed by atoms with Gasteiger partial charge in [0, 0.05) is 32.7 Å². The molecule has 17 heavy (non-hydrogen) atoms. The fourth-order valence-electron chi connectivity index (χ4n) is 2.06. The lowest BCUT2D eigenvalue weighted by Gasteiger charge is -2.33. The van der Waals surface area contributed by atoms with E-state index in [9.17, 15) is 4.39 Å². The largest absolute Gasteiger partial charge is 0.384 e. The second-order valence-corrected chi connectivity index (χ2v) is 4.30. The first-order valence-electron chi connectivity index (χ1n) is 5.78. The molecule has 0 aliphatic heterocycles. The van der Waals surface area contributed by atoms with Crippen LogP contribution in [-0.2, 0) is 4.74 Å². The van der Waals surface area contributed by atoms with E-state index in [1.54, 1.807) is 19.2 Å². The van der Waals surface area contributed by atoms with E-state index in [0.717, 1.165) is 0 Å². The average Bonchev–Trinajstić information content (AvgIpc) is 2.30. The van der Waals surface area contributed by atoms with E-state index in [1.807, 2.05) is 18.0 Å². The first-order chi connectivity index (χ1) is 8.11. The zero-order valence-corrected chi connectivity index (χ0v) is 10.7. The van der Waals surface area contributed by atoms with Crippen molar-refractivity contribution >= 4 is 5.69 Å². The summed E-state index contributed by atoms with van der Waals surface area (Å²) in [6.45, 7) is 3.13. The van der Waals surface area contributed by atoms with E-state index in [4.69, 9.17) is 10.5 Å². The van der Waals surface area contributed by atoms with Crippen LogP contribution in [0.25, 0.3) is 0 Å². The fraction of sp³-hybridized carbons (Fsp3) is 0.538. The van der Waals surface area contributed by atoms with Crippen LogP contribution in [0.5, 0.6) is 0 Å². The van der Waals surface area contributed by atoms with Gasteiger partial charge < -0.3 is 15.4 Å². The minimum absolute atomic E-state index is 0.0619. The maximum Gasteiger partial charge on any atom is 0.146 e. The maximum atomic E-state index is 13.7. The van der Waals surface area contributed by atoms with Gasteiger partial charge in [-0.25, -0.2) is 4.39 Å². The summed E-state index contributed by atoms with van der Waals surface area (Å²) in [6, 6.07) is 6.79. The first-order valence-corrected chi connectivity index (χ1v) is 5.78. The molecule has 0 amide bonds. The Kier molecular flexibility index (Phi) is 5.38. The molecule has 2 N–H and O–H groups in total. The lowest BCUT2D eigenvalue weighted by atomic mass is 10.0. The van der Waals surface area contributed by atoms with Crippen molar-refractivity contribution in [2.24, 2.45) is 11.7 Å². The number of nitrogens with two attached hydrogens (primary N) is 1. The summed E-state index contributed by atoms with van der Waals surface area (Å²) < 4.78 is 18.8. The van der Waals surface area contributed by atoms with E-state index in [0.29, 0.717) is 18.8 Å². The summed E-state index contributed by atoms with van der Waals surface area (Å²) in [5, 5.41) is 0. The Bertz CT molecular complexity index is 346. The quantitative estimate of drug-likeness (QED) is 0.825. The molecular weight excluding hydrogens is 219 g/mol. The molecule has 1 aromatic carbocycles. The summed E-state index contributed by atoms with van der Waals surface area (Å²) in [5.41, 5.74) is 6.35. The number of hydrogen-bond acceptors (Lipinski definition) is 3. The van der Waals surface area contributed by atoms with Crippen molar-refractivity contribution in [1.29, 1.82) is 0 Å². The van der Waals surface area contributed by atoms with Gasteiger partial charge in [-0.15, -0.1) is 0 Å². The summed E-state index contributed by atoms with van der Waals surface area (Å²) >= 11 is 0. The SMILES string of the molecule is COCC(C)C(CN)N(C)c1ccccc1F. The Morgan fingerprint density at radius 2 is 2.06 bits per heavy atom. The molecule has 2 unspecified atom stereocenters. The standard InChI is InChI=1S/C13H21FN2O/c1-10(9-17-3)13(8-15)16(2)12-7-5-4-6-11(12)14/h4-7,10,13H,8-9,15H2,1-3H3. The molecule has 4 heteroatoms. The van der Waals surface area contributed by atoms with Crippen LogP contribution in [-0.4, -0.2) is 33.4 Å². The predicted octanol–water partition coefficient (Wildman–Crippen LogP) is 1.87. The second-order valence-electron chi connectivity index (χ2n) is 4.30. The number of likely N-dealkylation sites (N-methyl/N-ethyl adjacent to an activating group) is 1. The van der Waals surface area contributed by atoms with Crippen molar-refractivity contribution < 1.29 is 9.13 Å². The van der Waals surface area contributed by atoms with Crippen molar-refractivity contribution in [2.75, 3.05) is 32.2 Å². The summed E-state index contributed by atoms with van der Waals surface area (Å²) in [5.74, 6) is 0.0210. The molecule has 0 fully saturated rings. The van der Waals surface area contributed by atoms with E-state index >= 15 is 0 Å². The molecule has 1 aromatic rings. The molecule has 0 radical (unpaired) electrons. The second kappa shape index (κ2) is 6.57. The lowest BCUT2D eigenvalue weighted by Crippen LogP contribution is -2.44. The van der Waals surface area contributed by atoms with Crippen LogP contribution >= 0.6 is 0 Å². The molecule has 0 heterocycles. The van der Waals surface area contributed by atoms with Crippen LogP contribution in [0, 0.1) is 11.7 Å². The van der Waals surface area contributed by atoms with Gasteiger partial charge in [-0.3, -0.25) is 0 Å². The molecule has 0 aliphatic rings. The molecule has 0 aromatic heterocycles. The Morgan fingerprint density at radius 3 is 2.59 bits per heavy atom. The number of halogens is 1. The van der Waals surface area contributed by atoms with Gasteiger partial charge in [-0.05, 0) is 12.1 Å². The van der Waals surface area contributed by atoms with Gasteiger partial charge in [0.25, 0.3) is 0 Å². The number of ether oxygens (including phenoxy) is 1. The third-order valence-corrected chi connectivity index (χ3v) is 3.06. The van der Waals surface area contributed by atoms with Gasteiger partial charge in [0.1, 0.15) is 5.82 Å². The van der Waals surface area contributed by atoms with Gasteiger partial charge in [0.15, 0.2) is 0 Å². The number of hydrogen-bond donors (Lipinski definition) is 1. The highest BCUT2D eigenvalue weighted by molar-refractivity contribution is 5.48. The molecule has 1 rings (SSSR count). The number of benzene rings is 1. The Hall–Kier alpha value is -1.13. The fourth-order valence-corrected chi connectivity index (χ4v) is 2.06. The highest BCUT2D eigenvalue weighted by atomic mass is 19.1. The van der Waals surface area contributed by atoms with Crippen molar-refractivity contribution in [1.82, 2.24) is 0 Å². The van der Waals surface area contributed by atoms with Gasteiger partial charge in [0.05, 0.1) is 12.3 Å². The van der Waals surface area contributed by atoms with Crippen LogP contribution in [0.2, 0.25) is 0 Å². The Morgan fingerprint density at radius 1 is 1.41 bits per heavy atom. The number of para-hydroxylation sites is 1. The molecule has 0 bridgehead atoms. The third-order valence-electron chi connectivity index (χ3n) is 3.06. The Balaban J connectivity index is 2.86. The molecule has 96 valence electrons. The van der Waals surface area contributed by atoms with E-state index in [2.05, 4.69) is 6.92 Å². The maximum absolute atomic E-state index is 13.7. The van der Waals surface area contributed by atoms with Gasteiger partial charge in [-0.2, -0.15) is 0 Å². The molecule has 0 saturated carbocycles. The van der Waals surface area contributed by atoms with Crippen LogP contribution in [0.15, 0.2) is 24.3 Å². The first kappa shape index (κ1) is 13.9. The van der Waals surface area contributed by atoms with Gasteiger partial charge in [-0.1, -0.05) is 19.1 Å². The zero-order chi connectivity index (χ0) is 12.8. The average molecular weight is 240 g/mol. The predicted molar refractivity (Wildman–Crippen MR) is 68.7 cm³/mol. The molecule has 0 saturated heterocycles. The van der Waals surface area contributed by atoms with Crippen molar-refractivity contribution in [3.05, 3.63) is 30.1 Å². The van der Waals surface area contributed by atoms with Crippen LogP contribution in [0.1, 0.15) is 6.92 Å². The minimum Gasteiger partial charge on any atom is -0.384 e. The van der Waals surface area contributed by atoms with Gasteiger partial charge in [0.2, 0.25) is 0 Å². The minimum atomic E-state index is -0.224.